The molecule has 0 aliphatic heterocycles. The molecule has 0 amide bonds. The van der Waals surface area contributed by atoms with Gasteiger partial charge in [-0.25, -0.2) is 0 Å². The van der Waals surface area contributed by atoms with Crippen molar-refractivity contribution in [2.24, 2.45) is 0 Å². The topological polar surface area (TPSA) is 63.6 Å². The van der Waals surface area contributed by atoms with Crippen molar-refractivity contribution >= 4 is 11.9 Å². The van der Waals surface area contributed by atoms with Crippen LogP contribution in [0.15, 0.2) is 24.3 Å². The van der Waals surface area contributed by atoms with Crippen molar-refractivity contribution in [3.63, 3.8) is 0 Å². The fraction of sp³-hybridized carbons (Fsp3) is 0.429. The van der Waals surface area contributed by atoms with Crippen LogP contribution in [0.4, 0.5) is 0 Å². The summed E-state index contributed by atoms with van der Waals surface area (Å²) < 4.78 is 5.03. The van der Waals surface area contributed by atoms with Crippen LogP contribution in [0.1, 0.15) is 39.2 Å². The molecule has 0 aliphatic rings. The van der Waals surface area contributed by atoms with Gasteiger partial charge in [-0.3, -0.25) is 9.59 Å². The van der Waals surface area contributed by atoms with E-state index in [1.807, 2.05) is 12.1 Å². The lowest BCUT2D eigenvalue weighted by Gasteiger charge is -2.18. The minimum absolute atomic E-state index is 0.0475. The molecule has 4 heteroatoms. The first-order chi connectivity index (χ1) is 8.29. The third-order valence-electron chi connectivity index (χ3n) is 2.50. The first-order valence-electron chi connectivity index (χ1n) is 5.82. The van der Waals surface area contributed by atoms with Crippen LogP contribution < -0.4 is 4.74 Å². The van der Waals surface area contributed by atoms with Crippen LogP contribution in [0, 0.1) is 0 Å². The van der Waals surface area contributed by atoms with Crippen LogP contribution >= 0.6 is 0 Å². The molecule has 0 aliphatic carbocycles. The lowest BCUT2D eigenvalue weighted by atomic mass is 9.87. The van der Waals surface area contributed by atoms with Gasteiger partial charge in [0.05, 0.1) is 12.8 Å². The molecule has 0 aromatic heterocycles. The van der Waals surface area contributed by atoms with Crippen LogP contribution in [0.2, 0.25) is 0 Å². The molecule has 0 heterocycles. The van der Waals surface area contributed by atoms with Gasteiger partial charge in [0.2, 0.25) is 0 Å². The summed E-state index contributed by atoms with van der Waals surface area (Å²) in [6.07, 6.45) is -0.324. The van der Waals surface area contributed by atoms with Gasteiger partial charge >= 0.3 is 11.9 Å². The molecule has 0 radical (unpaired) electrons. The van der Waals surface area contributed by atoms with Gasteiger partial charge in [0, 0.05) is 0 Å². The summed E-state index contributed by atoms with van der Waals surface area (Å²) in [6, 6.07) is 7.25. The van der Waals surface area contributed by atoms with Crippen LogP contribution in [0.5, 0.6) is 5.75 Å². The Morgan fingerprint density at radius 1 is 1.11 bits per heavy atom. The summed E-state index contributed by atoms with van der Waals surface area (Å²) in [7, 11) is 0. The molecule has 1 aromatic rings. The van der Waals surface area contributed by atoms with Gasteiger partial charge in [-0.1, -0.05) is 32.9 Å². The van der Waals surface area contributed by atoms with E-state index in [1.54, 1.807) is 12.1 Å². The van der Waals surface area contributed by atoms with E-state index in [1.165, 1.54) is 0 Å². The number of ether oxygens (including phenoxy) is 1. The standard InChI is InChI=1S/C14H18O4/c1-14(2,3)10-4-6-11(7-5-10)18-13(17)9-8-12(15)16/h4-7H,8-9H2,1-3H3,(H,15,16). The molecule has 0 saturated heterocycles. The quantitative estimate of drug-likeness (QED) is 0.659. The van der Waals surface area contributed by atoms with Gasteiger partial charge in [-0.05, 0) is 23.1 Å². The highest BCUT2D eigenvalue weighted by atomic mass is 16.5. The molecule has 0 spiro atoms. The lowest BCUT2D eigenvalue weighted by molar-refractivity contribution is -0.142. The number of carboxylic acids is 1. The van der Waals surface area contributed by atoms with E-state index < -0.39 is 11.9 Å². The summed E-state index contributed by atoms with van der Waals surface area (Å²) >= 11 is 0. The van der Waals surface area contributed by atoms with Crippen LogP contribution in [0.25, 0.3) is 0 Å². The zero-order valence-corrected chi connectivity index (χ0v) is 10.9. The SMILES string of the molecule is CC(C)(C)c1ccc(OC(=O)CCC(=O)O)cc1. The Morgan fingerprint density at radius 2 is 1.67 bits per heavy atom. The van der Waals surface area contributed by atoms with Crippen LogP contribution in [-0.2, 0) is 15.0 Å². The first kappa shape index (κ1) is 14.2. The second kappa shape index (κ2) is 5.67. The number of benzene rings is 1. The highest BCUT2D eigenvalue weighted by molar-refractivity contribution is 5.78. The van der Waals surface area contributed by atoms with Crippen molar-refractivity contribution in [1.29, 1.82) is 0 Å². The number of rotatable bonds is 4. The van der Waals surface area contributed by atoms with Crippen molar-refractivity contribution < 1.29 is 19.4 Å². The molecule has 1 aromatic carbocycles. The summed E-state index contributed by atoms with van der Waals surface area (Å²) in [5, 5.41) is 8.45. The van der Waals surface area contributed by atoms with Gasteiger partial charge < -0.3 is 9.84 Å². The Morgan fingerprint density at radius 3 is 2.11 bits per heavy atom. The van der Waals surface area contributed by atoms with E-state index in [4.69, 9.17) is 9.84 Å². The summed E-state index contributed by atoms with van der Waals surface area (Å²) in [5.74, 6) is -1.09. The zero-order valence-electron chi connectivity index (χ0n) is 10.9. The normalized spacial score (nSPS) is 11.1. The van der Waals surface area contributed by atoms with Crippen LogP contribution in [0.3, 0.4) is 0 Å². The minimum atomic E-state index is -1.00. The van der Waals surface area contributed by atoms with E-state index in [0.29, 0.717) is 5.75 Å². The molecular formula is C14H18O4. The largest absolute Gasteiger partial charge is 0.481 e. The second-order valence-electron chi connectivity index (χ2n) is 5.14. The van der Waals surface area contributed by atoms with Crippen molar-refractivity contribution in [1.82, 2.24) is 0 Å². The number of carbonyl (C=O) groups excluding carboxylic acids is 1. The van der Waals surface area contributed by atoms with E-state index >= 15 is 0 Å². The molecular weight excluding hydrogens is 232 g/mol. The third-order valence-corrected chi connectivity index (χ3v) is 2.50. The Bertz CT molecular complexity index is 426. The van der Waals surface area contributed by atoms with Gasteiger partial charge in [0.25, 0.3) is 0 Å². The predicted octanol–water partition coefficient (Wildman–Crippen LogP) is 2.75. The van der Waals surface area contributed by atoms with Gasteiger partial charge in [-0.2, -0.15) is 0 Å². The molecule has 0 saturated carbocycles. The van der Waals surface area contributed by atoms with E-state index in [-0.39, 0.29) is 18.3 Å². The Labute approximate surface area is 107 Å². The number of esters is 1. The van der Waals surface area contributed by atoms with E-state index in [2.05, 4.69) is 20.8 Å². The third kappa shape index (κ3) is 4.57. The number of hydrogen-bond donors (Lipinski definition) is 1. The molecule has 0 bridgehead atoms. The van der Waals surface area contributed by atoms with Crippen molar-refractivity contribution in [2.45, 2.75) is 39.0 Å². The highest BCUT2D eigenvalue weighted by Gasteiger charge is 2.14. The number of aliphatic carboxylic acids is 1. The molecule has 1 N–H and O–H groups in total. The Hall–Kier alpha value is -1.84. The highest BCUT2D eigenvalue weighted by Crippen LogP contribution is 2.24. The van der Waals surface area contributed by atoms with Crippen LogP contribution in [-0.4, -0.2) is 17.0 Å². The molecule has 0 fully saturated rings. The monoisotopic (exact) mass is 250 g/mol. The summed E-state index contributed by atoms with van der Waals surface area (Å²) in [5.41, 5.74) is 1.19. The number of carbonyl (C=O) groups is 2. The fourth-order valence-corrected chi connectivity index (χ4v) is 1.41. The van der Waals surface area contributed by atoms with Crippen molar-refractivity contribution in [3.8, 4) is 5.75 Å². The minimum Gasteiger partial charge on any atom is -0.481 e. The first-order valence-corrected chi connectivity index (χ1v) is 5.82. The average molecular weight is 250 g/mol. The molecule has 0 atom stereocenters. The molecule has 18 heavy (non-hydrogen) atoms. The fourth-order valence-electron chi connectivity index (χ4n) is 1.41. The molecule has 4 nitrogen and oxygen atoms in total. The van der Waals surface area contributed by atoms with Gasteiger partial charge in [0.15, 0.2) is 0 Å². The predicted molar refractivity (Wildman–Crippen MR) is 67.6 cm³/mol. The summed E-state index contributed by atoms with van der Waals surface area (Å²) in [6.45, 7) is 6.29. The van der Waals surface area contributed by atoms with Crippen molar-refractivity contribution in [3.05, 3.63) is 29.8 Å². The zero-order chi connectivity index (χ0) is 13.8. The molecule has 0 unspecified atom stereocenters. The van der Waals surface area contributed by atoms with Crippen molar-refractivity contribution in [2.75, 3.05) is 0 Å². The van der Waals surface area contributed by atoms with E-state index in [9.17, 15) is 9.59 Å². The van der Waals surface area contributed by atoms with Gasteiger partial charge in [-0.15, -0.1) is 0 Å². The van der Waals surface area contributed by atoms with Gasteiger partial charge in [0.1, 0.15) is 5.75 Å². The second-order valence-corrected chi connectivity index (χ2v) is 5.14. The average Bonchev–Trinajstić information content (AvgIpc) is 2.26. The molecule has 98 valence electrons. The number of carboxylic acid groups (broad SMARTS) is 1. The smallest absolute Gasteiger partial charge is 0.311 e. The van der Waals surface area contributed by atoms with E-state index in [0.717, 1.165) is 5.56 Å². The lowest BCUT2D eigenvalue weighted by Crippen LogP contribution is -2.12. The Balaban J connectivity index is 2.59. The Kier molecular flexibility index (Phi) is 4.48. The number of hydrogen-bond acceptors (Lipinski definition) is 3. The summed E-state index contributed by atoms with van der Waals surface area (Å²) in [4.78, 5) is 21.6. The maximum absolute atomic E-state index is 11.3. The maximum Gasteiger partial charge on any atom is 0.311 e. The maximum atomic E-state index is 11.3. The molecule has 1 rings (SSSR count).